The summed E-state index contributed by atoms with van der Waals surface area (Å²) < 4.78 is 42.2. The summed E-state index contributed by atoms with van der Waals surface area (Å²) in [6, 6.07) is 53.7. The number of aromatic nitrogens is 5. The van der Waals surface area contributed by atoms with E-state index in [-0.39, 0.29) is 17.5 Å². The number of carbonyl (C=O) groups is 2. The van der Waals surface area contributed by atoms with Gasteiger partial charge >= 0.3 is 0 Å². The first-order valence-corrected chi connectivity index (χ1v) is 22.5. The number of Topliss-reactive ketones (excluding diaryl/α,β-unsaturated/α-hetero) is 1. The zero-order valence-electron chi connectivity index (χ0n) is 37.7. The van der Waals surface area contributed by atoms with Gasteiger partial charge in [0, 0.05) is 95.7 Å². The van der Waals surface area contributed by atoms with E-state index in [4.69, 9.17) is 17.3 Å². The van der Waals surface area contributed by atoms with Crippen molar-refractivity contribution in [3.05, 3.63) is 265 Å². The standard InChI is InChI=1S/C22H16FN3O2.C15H12FN.C8H7N.C7H6ClF.C5H6N2/c23-16-7-5-15(6-8-16)13-26-14-19(18-3-1-2-4-20(18)26)21(27)22(28)25-17-9-11-24-12-10-17;16-14-7-5-12(6-8-14)11-17-10-9-13-3-1-2-4-15(13)17;1-2-4-8-7(3-1)5-6-9-8;8-5-6-1-3-7(9)4-2-6;6-5-1-3-7-4-2-5/h1-12,14H,13H2,(H,24,25,28);1-10H,11H2;1-6,9H;1-4H,5H2;1-4H,(H2,6,7). The molecular formula is C57H47ClF3N7O2. The second kappa shape index (κ2) is 24.9. The van der Waals surface area contributed by atoms with Crippen molar-refractivity contribution in [2.45, 2.75) is 19.0 Å². The third kappa shape index (κ3) is 14.1. The van der Waals surface area contributed by atoms with Crippen molar-refractivity contribution >= 4 is 67.4 Å². The summed E-state index contributed by atoms with van der Waals surface area (Å²) in [5, 5.41) is 5.79. The molecule has 9 nitrogen and oxygen atoms in total. The third-order valence-electron chi connectivity index (χ3n) is 10.6. The molecule has 350 valence electrons. The van der Waals surface area contributed by atoms with Crippen molar-refractivity contribution in [3.8, 4) is 0 Å². The highest BCUT2D eigenvalue weighted by Crippen LogP contribution is 2.24. The third-order valence-corrected chi connectivity index (χ3v) is 10.9. The molecule has 0 unspecified atom stereocenters. The Morgan fingerprint density at radius 2 is 1.07 bits per heavy atom. The number of carbonyl (C=O) groups excluding carboxylic acids is 2. The molecule has 0 saturated heterocycles. The molecule has 5 aromatic heterocycles. The fourth-order valence-corrected chi connectivity index (χ4v) is 7.27. The van der Waals surface area contributed by atoms with Gasteiger partial charge in [0.25, 0.3) is 11.7 Å². The van der Waals surface area contributed by atoms with Crippen LogP contribution in [0.4, 0.5) is 24.5 Å². The first kappa shape index (κ1) is 49.2. The number of halogens is 4. The van der Waals surface area contributed by atoms with E-state index in [1.807, 2.05) is 71.4 Å². The Morgan fingerprint density at radius 1 is 0.557 bits per heavy atom. The Hall–Kier alpha value is -8.74. The number of pyridine rings is 2. The van der Waals surface area contributed by atoms with Crippen LogP contribution >= 0.6 is 11.6 Å². The lowest BCUT2D eigenvalue weighted by atomic mass is 10.1. The van der Waals surface area contributed by atoms with E-state index < -0.39 is 11.7 Å². The summed E-state index contributed by atoms with van der Waals surface area (Å²) in [5.74, 6) is -1.60. The van der Waals surface area contributed by atoms with Crippen LogP contribution in [-0.2, 0) is 23.8 Å². The molecule has 0 radical (unpaired) electrons. The highest BCUT2D eigenvalue weighted by molar-refractivity contribution is 6.48. The maximum atomic E-state index is 13.2. The second-order valence-corrected chi connectivity index (χ2v) is 15.8. The van der Waals surface area contributed by atoms with E-state index in [1.54, 1.807) is 67.1 Å². The predicted octanol–water partition coefficient (Wildman–Crippen LogP) is 13.3. The molecule has 0 spiro atoms. The van der Waals surface area contributed by atoms with Crippen LogP contribution in [0.2, 0.25) is 0 Å². The molecule has 5 heterocycles. The largest absolute Gasteiger partial charge is 0.399 e. The van der Waals surface area contributed by atoms with Crippen LogP contribution in [0.5, 0.6) is 0 Å². The number of nitrogens with one attached hydrogen (secondary N) is 2. The topological polar surface area (TPSA) is 124 Å². The molecule has 1 amide bonds. The number of anilines is 2. The number of nitrogens with two attached hydrogens (primary N) is 1. The van der Waals surface area contributed by atoms with Gasteiger partial charge in [-0.3, -0.25) is 19.6 Å². The monoisotopic (exact) mass is 953 g/mol. The van der Waals surface area contributed by atoms with Gasteiger partial charge in [0.15, 0.2) is 0 Å². The molecular weight excluding hydrogens is 907 g/mol. The van der Waals surface area contributed by atoms with Crippen LogP contribution in [0.15, 0.2) is 225 Å². The Balaban J connectivity index is 0.000000144. The number of amides is 1. The number of alkyl halides is 1. The molecule has 6 aromatic carbocycles. The van der Waals surface area contributed by atoms with E-state index in [9.17, 15) is 22.8 Å². The number of hydrogen-bond acceptors (Lipinski definition) is 5. The van der Waals surface area contributed by atoms with E-state index in [2.05, 4.69) is 67.4 Å². The first-order valence-electron chi connectivity index (χ1n) is 22.0. The quantitative estimate of drug-likeness (QED) is 0.0795. The van der Waals surface area contributed by atoms with Gasteiger partial charge in [0.2, 0.25) is 0 Å². The van der Waals surface area contributed by atoms with Gasteiger partial charge in [-0.2, -0.15) is 0 Å². The summed E-state index contributed by atoms with van der Waals surface area (Å²) in [6.07, 6.45) is 12.1. The maximum Gasteiger partial charge on any atom is 0.296 e. The normalized spacial score (nSPS) is 10.3. The zero-order valence-corrected chi connectivity index (χ0v) is 38.4. The number of nitrogen functional groups attached to an aromatic ring is 1. The molecule has 13 heteroatoms. The molecule has 0 bridgehead atoms. The zero-order chi connectivity index (χ0) is 49.1. The van der Waals surface area contributed by atoms with Crippen molar-refractivity contribution in [1.82, 2.24) is 24.1 Å². The Bertz CT molecular complexity index is 3330. The predicted molar refractivity (Wildman–Crippen MR) is 275 cm³/mol. The number of rotatable bonds is 8. The number of ketones is 1. The summed E-state index contributed by atoms with van der Waals surface area (Å²) >= 11 is 5.46. The van der Waals surface area contributed by atoms with E-state index in [1.165, 1.54) is 70.6 Å². The van der Waals surface area contributed by atoms with Crippen molar-refractivity contribution in [3.63, 3.8) is 0 Å². The molecule has 0 atom stereocenters. The van der Waals surface area contributed by atoms with Crippen LogP contribution in [0.25, 0.3) is 32.7 Å². The van der Waals surface area contributed by atoms with Gasteiger partial charge < -0.3 is 25.2 Å². The van der Waals surface area contributed by atoms with Crippen molar-refractivity contribution < 1.29 is 22.8 Å². The number of fused-ring (bicyclic) bond motifs is 3. The van der Waals surface area contributed by atoms with Gasteiger partial charge in [-0.15, -0.1) is 11.6 Å². The number of hydrogen-bond donors (Lipinski definition) is 3. The Kier molecular flexibility index (Phi) is 17.5. The van der Waals surface area contributed by atoms with Gasteiger partial charge in [0.05, 0.1) is 5.56 Å². The van der Waals surface area contributed by atoms with Crippen molar-refractivity contribution in [1.29, 1.82) is 0 Å². The highest BCUT2D eigenvalue weighted by Gasteiger charge is 2.22. The second-order valence-electron chi connectivity index (χ2n) is 15.6. The minimum Gasteiger partial charge on any atom is -0.399 e. The van der Waals surface area contributed by atoms with Crippen molar-refractivity contribution in [2.24, 2.45) is 0 Å². The number of aromatic amines is 1. The number of benzene rings is 6. The van der Waals surface area contributed by atoms with E-state index >= 15 is 0 Å². The fraction of sp³-hybridized carbons (Fsp3) is 0.0526. The fourth-order valence-electron chi connectivity index (χ4n) is 7.09. The molecule has 0 aliphatic carbocycles. The highest BCUT2D eigenvalue weighted by atomic mass is 35.5. The first-order chi connectivity index (χ1) is 34.1. The summed E-state index contributed by atoms with van der Waals surface area (Å²) in [4.78, 5) is 36.0. The molecule has 4 N–H and O–H groups in total. The maximum absolute atomic E-state index is 13.2. The smallest absolute Gasteiger partial charge is 0.296 e. The van der Waals surface area contributed by atoms with Gasteiger partial charge in [0.1, 0.15) is 17.5 Å². The van der Waals surface area contributed by atoms with Gasteiger partial charge in [-0.05, 0) is 118 Å². The Labute approximate surface area is 407 Å². The summed E-state index contributed by atoms with van der Waals surface area (Å²) in [5.41, 5.74) is 13.1. The molecule has 11 aromatic rings. The molecule has 0 saturated carbocycles. The lowest BCUT2D eigenvalue weighted by molar-refractivity contribution is -0.112. The molecule has 0 aliphatic rings. The number of nitrogens with zero attached hydrogens (tertiary/aromatic N) is 4. The Morgan fingerprint density at radius 3 is 1.64 bits per heavy atom. The average Bonchev–Trinajstić information content (AvgIpc) is 4.15. The average molecular weight is 954 g/mol. The number of para-hydroxylation sites is 3. The van der Waals surface area contributed by atoms with Gasteiger partial charge in [-0.25, -0.2) is 13.2 Å². The summed E-state index contributed by atoms with van der Waals surface area (Å²) in [7, 11) is 0. The van der Waals surface area contributed by atoms with E-state index in [0.717, 1.165) is 34.4 Å². The van der Waals surface area contributed by atoms with Crippen molar-refractivity contribution in [2.75, 3.05) is 11.1 Å². The van der Waals surface area contributed by atoms with Gasteiger partial charge in [-0.1, -0.05) is 91.0 Å². The molecule has 0 aliphatic heterocycles. The molecule has 0 fully saturated rings. The van der Waals surface area contributed by atoms with Crippen LogP contribution in [0.3, 0.4) is 0 Å². The minimum atomic E-state index is -0.712. The number of H-pyrrole nitrogens is 1. The van der Waals surface area contributed by atoms with Crippen LogP contribution in [0, 0.1) is 17.5 Å². The lowest BCUT2D eigenvalue weighted by Gasteiger charge is -2.05. The van der Waals surface area contributed by atoms with E-state index in [0.29, 0.717) is 29.1 Å². The SMILES string of the molecule is Fc1ccc(CCl)cc1.Fc1ccc(Cn2ccc3ccccc32)cc1.Nc1ccncc1.O=C(Nc1ccncc1)C(=O)c1cn(Cc2ccc(F)cc2)c2ccccc12.c1ccc2[nH]ccc2c1. The van der Waals surface area contributed by atoms with Crippen LogP contribution in [-0.4, -0.2) is 35.8 Å². The lowest BCUT2D eigenvalue weighted by Crippen LogP contribution is -2.22. The molecule has 11 rings (SSSR count). The summed E-state index contributed by atoms with van der Waals surface area (Å²) in [6.45, 7) is 1.23. The minimum absolute atomic E-state index is 0.189. The van der Waals surface area contributed by atoms with Crippen LogP contribution in [0.1, 0.15) is 27.0 Å². The molecule has 70 heavy (non-hydrogen) atoms. The van der Waals surface area contributed by atoms with Crippen LogP contribution < -0.4 is 11.1 Å².